The molecule has 1 saturated carbocycles. The first kappa shape index (κ1) is 30.5. The van der Waals surface area contributed by atoms with Crippen LogP contribution in [0.4, 0.5) is 19.3 Å². The number of rotatable bonds is 12. The van der Waals surface area contributed by atoms with Gasteiger partial charge in [0.25, 0.3) is 0 Å². The number of nitrogens with zero attached hydrogens (tertiary/aromatic N) is 1. The summed E-state index contributed by atoms with van der Waals surface area (Å²) in [5.41, 5.74) is 1.18. The molecule has 4 rings (SSSR count). The van der Waals surface area contributed by atoms with Crippen molar-refractivity contribution < 1.29 is 41.5 Å². The third kappa shape index (κ3) is 9.00. The molecule has 2 aromatic carbocycles. The lowest BCUT2D eigenvalue weighted by Crippen LogP contribution is -2.18. The van der Waals surface area contributed by atoms with Gasteiger partial charge < -0.3 is 18.9 Å². The molecular weight excluding hydrogens is 605 g/mol. The normalized spacial score (nSPS) is 14.2. The van der Waals surface area contributed by atoms with Gasteiger partial charge in [0.05, 0.1) is 16.7 Å². The fraction of sp³-hybridized carbons (Fsp3) is 0.296. The van der Waals surface area contributed by atoms with E-state index in [1.54, 1.807) is 0 Å². The molecule has 1 aliphatic rings. The first-order valence-electron chi connectivity index (χ1n) is 12.3. The van der Waals surface area contributed by atoms with Gasteiger partial charge in [-0.3, -0.25) is 14.5 Å². The smallest absolute Gasteiger partial charge is 0.489 e. The molecule has 1 aromatic heterocycles. The van der Waals surface area contributed by atoms with E-state index in [4.69, 9.17) is 37.4 Å². The molecule has 0 spiro atoms. The lowest BCUT2D eigenvalue weighted by molar-refractivity contribution is -0.109. The summed E-state index contributed by atoms with van der Waals surface area (Å²) in [7, 11) is -1.91. The molecule has 9 nitrogen and oxygen atoms in total. The average Bonchev–Trinajstić information content (AvgIpc) is 3.75. The number of carbonyl (C=O) groups excluding carboxylic acids is 2. The molecule has 218 valence electrons. The Hall–Kier alpha value is -3.48. The van der Waals surface area contributed by atoms with Gasteiger partial charge in [-0.25, -0.2) is 9.00 Å². The van der Waals surface area contributed by atoms with E-state index in [1.807, 2.05) is 0 Å². The average molecular weight is 629 g/mol. The van der Waals surface area contributed by atoms with Gasteiger partial charge >= 0.3 is 12.8 Å². The molecule has 0 aliphatic heterocycles. The van der Waals surface area contributed by atoms with Crippen LogP contribution >= 0.6 is 23.2 Å². The summed E-state index contributed by atoms with van der Waals surface area (Å²) in [4.78, 5) is 28.0. The number of nitrogens with one attached hydrogen (secondary N) is 1. The Morgan fingerprint density at radius 3 is 2.37 bits per heavy atom. The van der Waals surface area contributed by atoms with Gasteiger partial charge in [0.15, 0.2) is 22.5 Å². The van der Waals surface area contributed by atoms with Gasteiger partial charge in [-0.1, -0.05) is 29.3 Å². The summed E-state index contributed by atoms with van der Waals surface area (Å²) in [6, 6.07) is 9.96. The number of aromatic nitrogens is 1. The van der Waals surface area contributed by atoms with Crippen molar-refractivity contribution in [3.63, 3.8) is 0 Å². The van der Waals surface area contributed by atoms with Crippen molar-refractivity contribution in [3.05, 3.63) is 76.0 Å². The summed E-state index contributed by atoms with van der Waals surface area (Å²) >= 11 is 12.6. The highest BCUT2D eigenvalue weighted by Gasteiger charge is 2.26. The van der Waals surface area contributed by atoms with Gasteiger partial charge in [-0.2, -0.15) is 8.78 Å². The molecule has 0 radical (unpaired) electrons. The number of carbonyl (C=O) groups is 2. The van der Waals surface area contributed by atoms with Crippen LogP contribution in [0.15, 0.2) is 54.9 Å². The number of anilines is 1. The van der Waals surface area contributed by atoms with E-state index in [9.17, 15) is 22.6 Å². The molecule has 1 fully saturated rings. The van der Waals surface area contributed by atoms with E-state index in [-0.39, 0.29) is 33.7 Å². The number of hydrogen-bond acceptors (Lipinski definition) is 8. The minimum absolute atomic E-state index is 0.00782. The lowest BCUT2D eigenvalue weighted by atomic mass is 10.0. The van der Waals surface area contributed by atoms with Crippen molar-refractivity contribution in [1.29, 1.82) is 0 Å². The minimum atomic E-state index is -3.07. The molecule has 14 heteroatoms. The minimum Gasteiger partial charge on any atom is -0.489 e. The summed E-state index contributed by atoms with van der Waals surface area (Å²) in [5, 5.41) is -0.0917. The zero-order chi connectivity index (χ0) is 29.5. The number of pyridine rings is 1. The van der Waals surface area contributed by atoms with Crippen LogP contribution in [0, 0.1) is 5.92 Å². The molecular formula is C27H24Cl2F2N2O7S. The summed E-state index contributed by atoms with van der Waals surface area (Å²) in [6.07, 6.45) is 2.60. The number of halogens is 4. The Balaban J connectivity index is 1.56. The van der Waals surface area contributed by atoms with Crippen LogP contribution in [0.2, 0.25) is 10.0 Å². The quantitative estimate of drug-likeness (QED) is 0.170. The highest BCUT2D eigenvalue weighted by atomic mass is 35.5. The van der Waals surface area contributed by atoms with E-state index in [0.29, 0.717) is 29.3 Å². The molecule has 0 bridgehead atoms. The zero-order valence-electron chi connectivity index (χ0n) is 21.5. The topological polar surface area (TPSA) is 113 Å². The number of benzene rings is 2. The van der Waals surface area contributed by atoms with Crippen LogP contribution in [0.1, 0.15) is 37.0 Å². The van der Waals surface area contributed by atoms with Crippen molar-refractivity contribution in [3.8, 4) is 17.2 Å². The van der Waals surface area contributed by atoms with Gasteiger partial charge in [0.1, 0.15) is 11.9 Å². The Bertz CT molecular complexity index is 1410. The fourth-order valence-corrected chi connectivity index (χ4v) is 4.59. The van der Waals surface area contributed by atoms with E-state index >= 15 is 0 Å². The Morgan fingerprint density at radius 1 is 1.07 bits per heavy atom. The third-order valence-electron chi connectivity index (χ3n) is 5.83. The maximum Gasteiger partial charge on any atom is 0.514 e. The largest absolute Gasteiger partial charge is 0.514 e. The summed E-state index contributed by atoms with van der Waals surface area (Å²) < 4.78 is 61.5. The van der Waals surface area contributed by atoms with Crippen molar-refractivity contribution in [2.75, 3.05) is 11.3 Å². The van der Waals surface area contributed by atoms with Crippen LogP contribution in [0.25, 0.3) is 0 Å². The van der Waals surface area contributed by atoms with Gasteiger partial charge in [-0.05, 0) is 66.3 Å². The highest BCUT2D eigenvalue weighted by Crippen LogP contribution is 2.38. The molecule has 1 N–H and O–H groups in total. The second-order valence-corrected chi connectivity index (χ2v) is 11.1. The second kappa shape index (κ2) is 13.9. The standard InChI is InChI=1S/C27H24Cl2F2N2O7S/c1-15(34)41(36)33-18-5-7-19(8-6-18)38-27(35)40-24(11-20-21(28)12-32-13-22(20)29)17-4-9-23(39-26(30)31)25(10-17)37-14-16-2-3-16/h4-10,12-13,16,24,26,33H,2-3,11,14H2,1H3/t24-,41?/m0/s1. The molecule has 1 aliphatic carbocycles. The first-order chi connectivity index (χ1) is 19.6. The van der Waals surface area contributed by atoms with E-state index in [1.165, 1.54) is 61.8 Å². The molecule has 41 heavy (non-hydrogen) atoms. The molecule has 0 saturated heterocycles. The highest BCUT2D eigenvalue weighted by molar-refractivity contribution is 8.01. The van der Waals surface area contributed by atoms with Crippen molar-refractivity contribution in [1.82, 2.24) is 4.98 Å². The third-order valence-corrected chi connectivity index (χ3v) is 7.43. The van der Waals surface area contributed by atoms with E-state index in [0.717, 1.165) is 12.8 Å². The van der Waals surface area contributed by atoms with Gasteiger partial charge in [-0.15, -0.1) is 0 Å². The van der Waals surface area contributed by atoms with Crippen LogP contribution < -0.4 is 18.9 Å². The van der Waals surface area contributed by atoms with Crippen LogP contribution in [0.3, 0.4) is 0 Å². The summed E-state index contributed by atoms with van der Waals surface area (Å²) in [5.74, 6) is 0.334. The van der Waals surface area contributed by atoms with Crippen LogP contribution in [0.5, 0.6) is 17.2 Å². The van der Waals surface area contributed by atoms with Gasteiger partial charge in [0, 0.05) is 31.4 Å². The van der Waals surface area contributed by atoms with Crippen molar-refractivity contribution in [2.45, 2.75) is 38.9 Å². The van der Waals surface area contributed by atoms with Gasteiger partial charge in [0.2, 0.25) is 5.12 Å². The maximum absolute atomic E-state index is 13.0. The number of alkyl halides is 2. The molecule has 0 amide bonds. The predicted octanol–water partition coefficient (Wildman–Crippen LogP) is 6.90. The van der Waals surface area contributed by atoms with Crippen molar-refractivity contribution >= 4 is 51.1 Å². The van der Waals surface area contributed by atoms with Crippen molar-refractivity contribution in [2.24, 2.45) is 5.92 Å². The molecule has 1 heterocycles. The predicted molar refractivity (Wildman–Crippen MR) is 148 cm³/mol. The Morgan fingerprint density at radius 2 is 1.76 bits per heavy atom. The Labute approximate surface area is 246 Å². The number of ether oxygens (including phenoxy) is 4. The zero-order valence-corrected chi connectivity index (χ0v) is 23.8. The van der Waals surface area contributed by atoms with E-state index < -0.39 is 35.0 Å². The van der Waals surface area contributed by atoms with E-state index in [2.05, 4.69) is 14.4 Å². The number of hydrogen-bond donors (Lipinski definition) is 1. The Kier molecular flexibility index (Phi) is 10.4. The molecule has 2 atom stereocenters. The van der Waals surface area contributed by atoms with Crippen LogP contribution in [-0.2, 0) is 26.9 Å². The second-order valence-electron chi connectivity index (χ2n) is 8.97. The van der Waals surface area contributed by atoms with Crippen LogP contribution in [-0.4, -0.2) is 33.7 Å². The molecule has 3 aromatic rings. The molecule has 1 unspecified atom stereocenters. The first-order valence-corrected chi connectivity index (χ1v) is 14.2. The fourth-order valence-electron chi connectivity index (χ4n) is 3.58. The monoisotopic (exact) mass is 628 g/mol. The lowest BCUT2D eigenvalue weighted by Gasteiger charge is -2.21. The summed E-state index contributed by atoms with van der Waals surface area (Å²) in [6.45, 7) is -1.56. The SMILES string of the molecule is CC(=O)S(=O)Nc1ccc(OC(=O)O[C@@H](Cc2c(Cl)cncc2Cl)c2ccc(OC(F)F)c(OCC3CC3)c2)cc1. The maximum atomic E-state index is 13.0.